The Morgan fingerprint density at radius 1 is 1.11 bits per heavy atom. The van der Waals surface area contributed by atoms with Crippen molar-refractivity contribution in [3.05, 3.63) is 6.57 Å². The van der Waals surface area contributed by atoms with E-state index in [9.17, 15) is 0 Å². The second kappa shape index (κ2) is 32.1. The van der Waals surface area contributed by atoms with Crippen LogP contribution in [0.15, 0.2) is 0 Å². The second-order valence-electron chi connectivity index (χ2n) is 0.250. The molecule has 0 aromatic carbocycles. The van der Waals surface area contributed by atoms with E-state index in [0.29, 0.717) is 0 Å². The molecule has 0 amide bonds. The van der Waals surface area contributed by atoms with E-state index in [1.165, 1.54) is 0 Å². The zero-order chi connectivity index (χ0) is 5.58. The minimum atomic E-state index is -3.63. The Balaban J connectivity index is -0.00000000990. The van der Waals surface area contributed by atoms with Gasteiger partial charge < -0.3 is 25.9 Å². The van der Waals surface area contributed by atoms with Gasteiger partial charge in [0.25, 0.3) is 0 Å². The molecule has 0 bridgehead atoms. The standard InChI is InChI=1S/CN.3Na.O3Si/c1-2;;;;1-4(2)3/q-1;3*+1;-2. The molecule has 8 heteroatoms. The van der Waals surface area contributed by atoms with Crippen LogP contribution < -0.4 is 98.3 Å². The molecular weight excluding hydrogens is 171 g/mol. The SMILES string of the molecule is O=[Si]([O-])[O-].[C-]#N.[Na+].[Na+].[Na+]. The van der Waals surface area contributed by atoms with E-state index in [0.717, 1.165) is 0 Å². The van der Waals surface area contributed by atoms with Crippen molar-refractivity contribution in [1.29, 1.82) is 5.26 Å². The fourth-order valence-electron chi connectivity index (χ4n) is 0. The summed E-state index contributed by atoms with van der Waals surface area (Å²) >= 11 is 0. The van der Waals surface area contributed by atoms with Crippen LogP contribution in [0.2, 0.25) is 0 Å². The van der Waals surface area contributed by atoms with Crippen LogP contribution in [0.25, 0.3) is 0 Å². The summed E-state index contributed by atoms with van der Waals surface area (Å²) in [5.41, 5.74) is 0. The molecule has 9 heavy (non-hydrogen) atoms. The van der Waals surface area contributed by atoms with Crippen molar-refractivity contribution in [2.75, 3.05) is 0 Å². The topological polar surface area (TPSA) is 87.0 Å². The molecule has 0 atom stereocenters. The molecule has 0 aromatic rings. The van der Waals surface area contributed by atoms with Gasteiger partial charge in [-0.1, -0.05) is 0 Å². The normalized spacial score (nSPS) is 2.89. The third kappa shape index (κ3) is 150. The van der Waals surface area contributed by atoms with Gasteiger partial charge in [0.1, 0.15) is 0 Å². The Bertz CT molecular complexity index is 63.3. The van der Waals surface area contributed by atoms with Crippen molar-refractivity contribution in [3.8, 4) is 0 Å². The molecule has 0 spiro atoms. The molecule has 0 heterocycles. The Kier molecular flexibility index (Phi) is 109. The number of nitrogens with zero attached hydrogens (tertiary/aromatic N) is 1. The molecule has 0 fully saturated rings. The molecule has 0 rings (SSSR count). The maximum atomic E-state index is 8.52. The fourth-order valence-corrected chi connectivity index (χ4v) is 0. The molecule has 0 saturated heterocycles. The third-order valence-electron chi connectivity index (χ3n) is 0. The molecule has 0 N–H and O–H groups in total. The van der Waals surface area contributed by atoms with Crippen molar-refractivity contribution < 1.29 is 103 Å². The van der Waals surface area contributed by atoms with E-state index in [2.05, 4.69) is 0 Å². The monoisotopic (exact) mass is 171 g/mol. The number of rotatable bonds is 0. The van der Waals surface area contributed by atoms with Gasteiger partial charge in [0.05, 0.1) is 0 Å². The average molecular weight is 171 g/mol. The summed E-state index contributed by atoms with van der Waals surface area (Å²) in [5, 5.41) is 6.25. The van der Waals surface area contributed by atoms with E-state index in [-0.39, 0.29) is 88.7 Å². The molecule has 0 saturated carbocycles. The van der Waals surface area contributed by atoms with Gasteiger partial charge in [-0.25, -0.2) is 0 Å². The maximum Gasteiger partial charge on any atom is 1.00 e. The fraction of sp³-hybridized carbons (Fsp3) is 0. The summed E-state index contributed by atoms with van der Waals surface area (Å²) in [6.45, 7) is 4.75. The predicted octanol–water partition coefficient (Wildman–Crippen LogP) is -11.8. The van der Waals surface area contributed by atoms with Gasteiger partial charge in [-0.2, -0.15) is 0 Å². The van der Waals surface area contributed by atoms with Gasteiger partial charge in [0, 0.05) is 9.17 Å². The second-order valence-corrected chi connectivity index (χ2v) is 0.750. The summed E-state index contributed by atoms with van der Waals surface area (Å²) in [6, 6.07) is 0. The van der Waals surface area contributed by atoms with Crippen LogP contribution in [-0.2, 0) is 4.46 Å². The Morgan fingerprint density at radius 2 is 1.11 bits per heavy atom. The first-order valence-corrected chi connectivity index (χ1v) is 2.06. The van der Waals surface area contributed by atoms with Crippen LogP contribution in [0.1, 0.15) is 0 Å². The summed E-state index contributed by atoms with van der Waals surface area (Å²) < 4.78 is 8.52. The van der Waals surface area contributed by atoms with Gasteiger partial charge in [0.2, 0.25) is 0 Å². The van der Waals surface area contributed by atoms with Gasteiger partial charge in [-0.15, -0.1) is 0 Å². The van der Waals surface area contributed by atoms with E-state index in [4.69, 9.17) is 25.9 Å². The summed E-state index contributed by atoms with van der Waals surface area (Å²) in [5.74, 6) is 0. The molecule has 0 aliphatic rings. The first-order chi connectivity index (χ1) is 2.73. The van der Waals surface area contributed by atoms with E-state index < -0.39 is 9.17 Å². The van der Waals surface area contributed by atoms with Crippen LogP contribution in [0, 0.1) is 11.8 Å². The van der Waals surface area contributed by atoms with Gasteiger partial charge in [-0.05, 0) is 0 Å². The first kappa shape index (κ1) is 30.4. The smallest absolute Gasteiger partial charge is 0.672 e. The number of hydrogen-bond donors (Lipinski definition) is 0. The molecule has 0 aliphatic carbocycles. The van der Waals surface area contributed by atoms with Crippen LogP contribution in [0.4, 0.5) is 0 Å². The minimum absolute atomic E-state index is 0. The molecule has 0 radical (unpaired) electrons. The van der Waals surface area contributed by atoms with E-state index >= 15 is 0 Å². The molecule has 4 nitrogen and oxygen atoms in total. The molecule has 0 unspecified atom stereocenters. The molecular formula is CNNa3O3Si. The Morgan fingerprint density at radius 3 is 1.11 bits per heavy atom. The van der Waals surface area contributed by atoms with Crippen molar-refractivity contribution in [3.63, 3.8) is 0 Å². The predicted molar refractivity (Wildman–Crippen MR) is 11.4 cm³/mol. The largest absolute Gasteiger partial charge is 1.00 e. The third-order valence-corrected chi connectivity index (χ3v) is 0. The molecule has 0 aliphatic heterocycles. The first-order valence-electron chi connectivity index (χ1n) is 0.836. The van der Waals surface area contributed by atoms with Gasteiger partial charge >= 0.3 is 88.7 Å². The summed E-state index contributed by atoms with van der Waals surface area (Å²) in [7, 11) is -3.63. The molecule has 0 aromatic heterocycles. The minimum Gasteiger partial charge on any atom is -0.672 e. The van der Waals surface area contributed by atoms with Crippen molar-refractivity contribution >= 4 is 9.17 Å². The quantitative estimate of drug-likeness (QED) is 0.267. The molecule has 34 valence electrons. The Labute approximate surface area is 121 Å². The summed E-state index contributed by atoms with van der Waals surface area (Å²) in [6.07, 6.45) is 0. The summed E-state index contributed by atoms with van der Waals surface area (Å²) in [4.78, 5) is 17.0. The maximum absolute atomic E-state index is 8.52. The van der Waals surface area contributed by atoms with Crippen molar-refractivity contribution in [2.24, 2.45) is 0 Å². The average Bonchev–Trinajstić information content (AvgIpc) is 1.41. The van der Waals surface area contributed by atoms with Crippen LogP contribution >= 0.6 is 0 Å². The van der Waals surface area contributed by atoms with Crippen LogP contribution in [0.3, 0.4) is 0 Å². The van der Waals surface area contributed by atoms with Crippen LogP contribution in [0.5, 0.6) is 0 Å². The zero-order valence-corrected chi connectivity index (χ0v) is 12.7. The zero-order valence-electron chi connectivity index (χ0n) is 5.67. The van der Waals surface area contributed by atoms with Gasteiger partial charge in [0.15, 0.2) is 0 Å². The van der Waals surface area contributed by atoms with E-state index in [1.807, 2.05) is 0 Å². The van der Waals surface area contributed by atoms with Crippen molar-refractivity contribution in [2.45, 2.75) is 0 Å². The van der Waals surface area contributed by atoms with Crippen molar-refractivity contribution in [1.82, 2.24) is 0 Å². The van der Waals surface area contributed by atoms with E-state index in [1.54, 1.807) is 0 Å². The Hall–Kier alpha value is 2.11. The van der Waals surface area contributed by atoms with Gasteiger partial charge in [-0.3, -0.25) is 0 Å². The van der Waals surface area contributed by atoms with Crippen LogP contribution in [-0.4, -0.2) is 9.17 Å². The number of hydrogen-bond acceptors (Lipinski definition) is 4.